The molecule has 0 spiro atoms. The molecule has 0 saturated carbocycles. The summed E-state index contributed by atoms with van der Waals surface area (Å²) in [6.07, 6.45) is 20.7. The van der Waals surface area contributed by atoms with Crippen LogP contribution in [-0.4, -0.2) is 12.5 Å². The van der Waals surface area contributed by atoms with Crippen LogP contribution in [0.4, 0.5) is 0 Å². The lowest BCUT2D eigenvalue weighted by Crippen LogP contribution is -1.72. The smallest absolute Gasteiger partial charge is 0.00695 e. The van der Waals surface area contributed by atoms with Gasteiger partial charge in [-0.1, -0.05) is 72.9 Å². The molecule has 2 aromatic carbocycles. The molecule has 0 amide bonds. The van der Waals surface area contributed by atoms with Gasteiger partial charge in [0.05, 0.1) is 0 Å². The average Bonchev–Trinajstić information content (AvgIpc) is 2.65. The van der Waals surface area contributed by atoms with E-state index in [9.17, 15) is 0 Å². The van der Waals surface area contributed by atoms with Crippen LogP contribution in [0.5, 0.6) is 0 Å². The van der Waals surface area contributed by atoms with E-state index in [-0.39, 0.29) is 0 Å². The molecule has 0 fully saturated rings. The molecule has 0 unspecified atom stereocenters. The lowest BCUT2D eigenvalue weighted by atomic mass is 10.2. The molecule has 122 valence electrons. The molecule has 2 heteroatoms. The molecule has 0 aliphatic rings. The molecule has 0 radical (unpaired) electrons. The molecular formula is C22H22S2. The molecular weight excluding hydrogens is 328 g/mol. The second-order valence-electron chi connectivity index (χ2n) is 5.03. The van der Waals surface area contributed by atoms with Gasteiger partial charge >= 0.3 is 0 Å². The van der Waals surface area contributed by atoms with Crippen molar-refractivity contribution in [2.75, 3.05) is 12.5 Å². The van der Waals surface area contributed by atoms with E-state index in [1.807, 2.05) is 24.3 Å². The minimum Gasteiger partial charge on any atom is -0.130 e. The van der Waals surface area contributed by atoms with E-state index in [0.29, 0.717) is 0 Å². The van der Waals surface area contributed by atoms with Gasteiger partial charge < -0.3 is 0 Å². The van der Waals surface area contributed by atoms with Crippen molar-refractivity contribution in [3.05, 3.63) is 96.1 Å². The molecule has 2 aromatic rings. The van der Waals surface area contributed by atoms with Crippen molar-refractivity contribution in [2.24, 2.45) is 0 Å². The quantitative estimate of drug-likeness (QED) is 0.390. The zero-order valence-electron chi connectivity index (χ0n) is 14.1. The monoisotopic (exact) mass is 350 g/mol. The Labute approximate surface area is 154 Å². The van der Waals surface area contributed by atoms with Gasteiger partial charge in [0, 0.05) is 9.79 Å². The van der Waals surface area contributed by atoms with E-state index in [4.69, 9.17) is 0 Å². The highest BCUT2D eigenvalue weighted by atomic mass is 32.2. The third kappa shape index (κ3) is 6.69. The Kier molecular flexibility index (Phi) is 8.29. The summed E-state index contributed by atoms with van der Waals surface area (Å²) in [4.78, 5) is 2.58. The summed E-state index contributed by atoms with van der Waals surface area (Å²) in [5.74, 6) is 0. The van der Waals surface area contributed by atoms with E-state index in [2.05, 4.69) is 85.3 Å². The fourth-order valence-electron chi connectivity index (χ4n) is 2.02. The van der Waals surface area contributed by atoms with E-state index >= 15 is 0 Å². The first kappa shape index (κ1) is 18.4. The van der Waals surface area contributed by atoms with Gasteiger partial charge in [0.2, 0.25) is 0 Å². The van der Waals surface area contributed by atoms with Crippen molar-refractivity contribution >= 4 is 35.7 Å². The Morgan fingerprint density at radius 3 is 1.17 bits per heavy atom. The average molecular weight is 351 g/mol. The van der Waals surface area contributed by atoms with Crippen molar-refractivity contribution in [3.8, 4) is 0 Å². The second-order valence-corrected chi connectivity index (χ2v) is 6.79. The van der Waals surface area contributed by atoms with E-state index in [1.165, 1.54) is 20.9 Å². The van der Waals surface area contributed by atoms with Gasteiger partial charge in [-0.3, -0.25) is 0 Å². The molecule has 24 heavy (non-hydrogen) atoms. The van der Waals surface area contributed by atoms with Gasteiger partial charge in [-0.25, -0.2) is 0 Å². The number of thioether (sulfide) groups is 2. The van der Waals surface area contributed by atoms with Crippen LogP contribution in [0, 0.1) is 0 Å². The van der Waals surface area contributed by atoms with Gasteiger partial charge in [-0.15, -0.1) is 23.5 Å². The number of hydrogen-bond donors (Lipinski definition) is 0. The van der Waals surface area contributed by atoms with Crippen LogP contribution in [0.25, 0.3) is 12.2 Å². The molecule has 2 rings (SSSR count). The number of allylic oxidation sites excluding steroid dienone is 6. The highest BCUT2D eigenvalue weighted by molar-refractivity contribution is 7.98. The zero-order chi connectivity index (χ0) is 17.0. The summed E-state index contributed by atoms with van der Waals surface area (Å²) in [7, 11) is 0. The first-order valence-corrected chi connectivity index (χ1v) is 10.2. The van der Waals surface area contributed by atoms with Gasteiger partial charge in [-0.05, 0) is 47.9 Å². The fraction of sp³-hybridized carbons (Fsp3) is 0.0909. The first-order valence-electron chi connectivity index (χ1n) is 7.78. The molecule has 0 saturated heterocycles. The maximum Gasteiger partial charge on any atom is 0.00695 e. The summed E-state index contributed by atoms with van der Waals surface area (Å²) < 4.78 is 0. The maximum atomic E-state index is 2.14. The van der Waals surface area contributed by atoms with Crippen LogP contribution in [0.3, 0.4) is 0 Å². The van der Waals surface area contributed by atoms with Crippen molar-refractivity contribution < 1.29 is 0 Å². The standard InChI is InChI=1S/C22H22S2/c1-23-21-15-11-19(12-16-21)9-7-5-3-4-6-8-10-20-13-17-22(24-2)18-14-20/h3-18H,1-2H3/b5-3+,6-4+,9-7+,10-8+. The van der Waals surface area contributed by atoms with Gasteiger partial charge in [0.1, 0.15) is 0 Å². The number of hydrogen-bond acceptors (Lipinski definition) is 2. The van der Waals surface area contributed by atoms with Crippen molar-refractivity contribution in [1.29, 1.82) is 0 Å². The van der Waals surface area contributed by atoms with E-state index in [0.717, 1.165) is 0 Å². The molecule has 0 heterocycles. The Morgan fingerprint density at radius 2 is 0.833 bits per heavy atom. The molecule has 0 bridgehead atoms. The first-order chi connectivity index (χ1) is 11.8. The Bertz CT molecular complexity index is 652. The summed E-state index contributed by atoms with van der Waals surface area (Å²) >= 11 is 3.52. The molecule has 0 N–H and O–H groups in total. The van der Waals surface area contributed by atoms with E-state index < -0.39 is 0 Å². The minimum atomic E-state index is 1.22. The summed E-state index contributed by atoms with van der Waals surface area (Å²) in [6.45, 7) is 0. The summed E-state index contributed by atoms with van der Waals surface area (Å²) in [5.41, 5.74) is 2.44. The molecule has 0 aliphatic carbocycles. The SMILES string of the molecule is CSc1ccc(/C=C/C=C/C=C/C=C/c2ccc(SC)cc2)cc1. The maximum absolute atomic E-state index is 2.14. The normalized spacial score (nSPS) is 12.2. The lowest BCUT2D eigenvalue weighted by Gasteiger charge is -1.96. The molecule has 0 atom stereocenters. The Hall–Kier alpha value is -1.90. The van der Waals surface area contributed by atoms with Crippen LogP contribution in [0.2, 0.25) is 0 Å². The number of rotatable bonds is 7. The van der Waals surface area contributed by atoms with Gasteiger partial charge in [0.15, 0.2) is 0 Å². The predicted octanol–water partition coefficient (Wildman–Crippen LogP) is 6.97. The Morgan fingerprint density at radius 1 is 0.500 bits per heavy atom. The van der Waals surface area contributed by atoms with Crippen molar-refractivity contribution in [1.82, 2.24) is 0 Å². The zero-order valence-corrected chi connectivity index (χ0v) is 15.7. The van der Waals surface area contributed by atoms with Crippen molar-refractivity contribution in [3.63, 3.8) is 0 Å². The molecule has 0 aromatic heterocycles. The lowest BCUT2D eigenvalue weighted by molar-refractivity contribution is 1.45. The van der Waals surface area contributed by atoms with Crippen LogP contribution in [-0.2, 0) is 0 Å². The second kappa shape index (κ2) is 10.8. The van der Waals surface area contributed by atoms with Gasteiger partial charge in [-0.2, -0.15) is 0 Å². The summed E-state index contributed by atoms with van der Waals surface area (Å²) in [5, 5.41) is 0. The third-order valence-corrected chi connectivity index (χ3v) is 4.85. The van der Waals surface area contributed by atoms with Crippen molar-refractivity contribution in [2.45, 2.75) is 9.79 Å². The summed E-state index contributed by atoms with van der Waals surface area (Å²) in [6, 6.07) is 17.1. The highest BCUT2D eigenvalue weighted by Gasteiger charge is 1.89. The highest BCUT2D eigenvalue weighted by Crippen LogP contribution is 2.16. The Balaban J connectivity index is 1.78. The van der Waals surface area contributed by atoms with Crippen LogP contribution in [0.1, 0.15) is 11.1 Å². The fourth-order valence-corrected chi connectivity index (χ4v) is 2.84. The van der Waals surface area contributed by atoms with Crippen LogP contribution < -0.4 is 0 Å². The van der Waals surface area contributed by atoms with Gasteiger partial charge in [0.25, 0.3) is 0 Å². The van der Waals surface area contributed by atoms with E-state index in [1.54, 1.807) is 23.5 Å². The molecule has 0 aliphatic heterocycles. The minimum absolute atomic E-state index is 1.22. The number of benzene rings is 2. The largest absolute Gasteiger partial charge is 0.130 e. The van der Waals surface area contributed by atoms with Crippen LogP contribution >= 0.6 is 23.5 Å². The van der Waals surface area contributed by atoms with Crippen LogP contribution in [0.15, 0.2) is 94.8 Å². The predicted molar refractivity (Wildman–Crippen MR) is 113 cm³/mol. The molecule has 0 nitrogen and oxygen atoms in total. The topological polar surface area (TPSA) is 0 Å². The third-order valence-electron chi connectivity index (χ3n) is 3.36.